The van der Waals surface area contributed by atoms with E-state index < -0.39 is 36.9 Å². The average Bonchev–Trinajstić information content (AvgIpc) is 3.42. The van der Waals surface area contributed by atoms with Gasteiger partial charge in [-0.1, -0.05) is 319 Å². The van der Waals surface area contributed by atoms with Gasteiger partial charge in [0.15, 0.2) is 0 Å². The highest BCUT2D eigenvalue weighted by atomic mass is 16.3. The number of hydrogen-bond acceptors (Lipinski definition) is 5. The molecule has 0 aromatic carbocycles. The lowest BCUT2D eigenvalue weighted by Crippen LogP contribution is -2.53. The molecule has 4 unspecified atom stereocenters. The highest BCUT2D eigenvalue weighted by Crippen LogP contribution is 2.18. The van der Waals surface area contributed by atoms with Crippen LogP contribution in [0.15, 0.2) is 48.6 Å². The van der Waals surface area contributed by atoms with E-state index in [4.69, 9.17) is 0 Å². The number of aliphatic hydroxyl groups excluding tert-OH is 4. The fraction of sp³-hybridized carbons (Fsp3) is 0.870. The number of aliphatic hydroxyl groups is 4. The normalized spacial score (nSPS) is 13.8. The summed E-state index contributed by atoms with van der Waals surface area (Å²) in [6.45, 7) is 4.08. The molecular formula is C69H131NO5. The summed E-state index contributed by atoms with van der Waals surface area (Å²) in [7, 11) is 0. The van der Waals surface area contributed by atoms with Crippen LogP contribution in [0.25, 0.3) is 0 Å². The lowest BCUT2D eigenvalue weighted by atomic mass is 10.00. The van der Waals surface area contributed by atoms with Crippen molar-refractivity contribution in [1.82, 2.24) is 5.32 Å². The van der Waals surface area contributed by atoms with Crippen molar-refractivity contribution in [2.75, 3.05) is 6.61 Å². The first-order chi connectivity index (χ1) is 37.0. The van der Waals surface area contributed by atoms with Crippen LogP contribution in [0.5, 0.6) is 0 Å². The Morgan fingerprint density at radius 3 is 0.920 bits per heavy atom. The first-order valence-electron chi connectivity index (χ1n) is 33.5. The Hall–Kier alpha value is -1.73. The molecule has 6 nitrogen and oxygen atoms in total. The minimum Gasteiger partial charge on any atom is -0.394 e. The second kappa shape index (κ2) is 63.1. The predicted octanol–water partition coefficient (Wildman–Crippen LogP) is 20.5. The van der Waals surface area contributed by atoms with Gasteiger partial charge in [0.1, 0.15) is 12.2 Å². The van der Waals surface area contributed by atoms with Gasteiger partial charge in [-0.3, -0.25) is 4.79 Å². The zero-order valence-corrected chi connectivity index (χ0v) is 50.3. The zero-order chi connectivity index (χ0) is 54.4. The molecule has 5 N–H and O–H groups in total. The van der Waals surface area contributed by atoms with Crippen molar-refractivity contribution in [2.45, 2.75) is 379 Å². The molecule has 0 aromatic heterocycles. The van der Waals surface area contributed by atoms with Crippen molar-refractivity contribution >= 4 is 5.91 Å². The van der Waals surface area contributed by atoms with Gasteiger partial charge in [-0.2, -0.15) is 0 Å². The molecule has 0 aromatic rings. The first kappa shape index (κ1) is 73.3. The van der Waals surface area contributed by atoms with Crippen molar-refractivity contribution in [3.63, 3.8) is 0 Å². The van der Waals surface area contributed by atoms with Gasteiger partial charge in [-0.15, -0.1) is 0 Å². The fourth-order valence-corrected chi connectivity index (χ4v) is 10.5. The van der Waals surface area contributed by atoms with E-state index in [9.17, 15) is 25.2 Å². The summed E-state index contributed by atoms with van der Waals surface area (Å²) >= 11 is 0. The van der Waals surface area contributed by atoms with Crippen LogP contribution >= 0.6 is 0 Å². The fourth-order valence-electron chi connectivity index (χ4n) is 10.5. The molecule has 0 saturated heterocycles. The Bertz CT molecular complexity index is 1230. The van der Waals surface area contributed by atoms with Gasteiger partial charge in [0.05, 0.1) is 18.8 Å². The maximum Gasteiger partial charge on any atom is 0.249 e. The summed E-state index contributed by atoms with van der Waals surface area (Å²) in [4.78, 5) is 12.6. The molecular weight excluding hydrogens is 923 g/mol. The van der Waals surface area contributed by atoms with Crippen LogP contribution in [0.3, 0.4) is 0 Å². The second-order valence-electron chi connectivity index (χ2n) is 23.2. The first-order valence-corrected chi connectivity index (χ1v) is 33.5. The van der Waals surface area contributed by atoms with Crippen LogP contribution in [0.2, 0.25) is 0 Å². The maximum atomic E-state index is 12.6. The highest BCUT2D eigenvalue weighted by Gasteiger charge is 2.28. The van der Waals surface area contributed by atoms with E-state index in [0.29, 0.717) is 19.3 Å². The number of amides is 1. The number of rotatable bonds is 62. The Morgan fingerprint density at radius 2 is 0.600 bits per heavy atom. The Balaban J connectivity index is 3.58. The number of nitrogens with one attached hydrogen (secondary N) is 1. The molecule has 6 heteroatoms. The van der Waals surface area contributed by atoms with E-state index in [1.165, 1.54) is 276 Å². The molecule has 4 atom stereocenters. The van der Waals surface area contributed by atoms with Gasteiger partial charge in [0.2, 0.25) is 5.91 Å². The molecule has 0 aliphatic heterocycles. The number of unbranched alkanes of at least 4 members (excludes halogenated alkanes) is 45. The number of allylic oxidation sites excluding steroid dienone is 8. The van der Waals surface area contributed by atoms with Gasteiger partial charge in [-0.25, -0.2) is 0 Å². The van der Waals surface area contributed by atoms with E-state index in [-0.39, 0.29) is 0 Å². The predicted molar refractivity (Wildman–Crippen MR) is 330 cm³/mol. The summed E-state index contributed by atoms with van der Waals surface area (Å²) in [6.07, 6.45) is 82.3. The van der Waals surface area contributed by atoms with Crippen LogP contribution in [0.4, 0.5) is 0 Å². The maximum absolute atomic E-state index is 12.6. The average molecular weight is 1050 g/mol. The molecule has 0 fully saturated rings. The van der Waals surface area contributed by atoms with Gasteiger partial charge >= 0.3 is 0 Å². The molecule has 0 radical (unpaired) electrons. The summed E-state index contributed by atoms with van der Waals surface area (Å²) in [5.41, 5.74) is 0. The van der Waals surface area contributed by atoms with Gasteiger partial charge in [-0.05, 0) is 83.5 Å². The molecule has 0 saturated carbocycles. The monoisotopic (exact) mass is 1050 g/mol. The van der Waals surface area contributed by atoms with Crippen LogP contribution in [0.1, 0.15) is 354 Å². The van der Waals surface area contributed by atoms with E-state index in [2.05, 4.69) is 67.8 Å². The molecule has 75 heavy (non-hydrogen) atoms. The van der Waals surface area contributed by atoms with E-state index >= 15 is 0 Å². The molecule has 0 aliphatic rings. The standard InChI is InChI=1S/C69H131NO5/c1-3-5-7-9-11-13-15-17-19-21-23-25-26-27-28-29-30-31-32-33-34-35-36-37-38-39-40-41-43-45-47-49-51-53-55-57-59-61-63-67(73)69(75)70-65(64-71)68(74)66(72)62-60-58-56-54-52-50-48-46-44-42-24-22-20-18-16-14-12-10-8-6-4-2/h30-31,33-34,46,48,54,56,65-68,71-74H,3-29,32,35-45,47,49-53,55,57-64H2,1-2H3,(H,70,75)/b31-30-,34-33-,48-46+,56-54+. The quantitative estimate of drug-likeness (QED) is 0.0308. The summed E-state index contributed by atoms with van der Waals surface area (Å²) in [6, 6.07) is -1.01. The number of carbonyl (C=O) groups is 1. The topological polar surface area (TPSA) is 110 Å². The lowest BCUT2D eigenvalue weighted by molar-refractivity contribution is -0.132. The van der Waals surface area contributed by atoms with E-state index in [0.717, 1.165) is 44.9 Å². The number of carbonyl (C=O) groups excluding carboxylic acids is 1. The Labute approximate surface area is 468 Å². The van der Waals surface area contributed by atoms with Crippen molar-refractivity contribution in [1.29, 1.82) is 0 Å². The largest absolute Gasteiger partial charge is 0.394 e. The van der Waals surface area contributed by atoms with Crippen LogP contribution < -0.4 is 5.32 Å². The van der Waals surface area contributed by atoms with Crippen LogP contribution in [-0.2, 0) is 4.79 Å². The Morgan fingerprint density at radius 1 is 0.333 bits per heavy atom. The van der Waals surface area contributed by atoms with Crippen LogP contribution in [-0.4, -0.2) is 57.3 Å². The van der Waals surface area contributed by atoms with Crippen molar-refractivity contribution in [3.8, 4) is 0 Å². The zero-order valence-electron chi connectivity index (χ0n) is 50.3. The molecule has 0 spiro atoms. The van der Waals surface area contributed by atoms with E-state index in [1.54, 1.807) is 0 Å². The summed E-state index contributed by atoms with van der Waals surface area (Å²) < 4.78 is 0. The highest BCUT2D eigenvalue weighted by molar-refractivity contribution is 5.80. The number of hydrogen-bond donors (Lipinski definition) is 5. The molecule has 0 rings (SSSR count). The van der Waals surface area contributed by atoms with E-state index in [1.807, 2.05) is 0 Å². The Kier molecular flexibility index (Phi) is 61.6. The second-order valence-corrected chi connectivity index (χ2v) is 23.2. The SMILES string of the molecule is CCCCCCCCCCCCCC/C=C/CC/C=C/CCCC(O)C(O)C(CO)NC(=O)C(O)CCCCCCCCCCCCCCCCCC/C=C\C/C=C\CCCCCCCCCCCCCCCCC. The third-order valence-corrected chi connectivity index (χ3v) is 15.7. The third kappa shape index (κ3) is 56.8. The molecule has 1 amide bonds. The minimum absolute atomic E-state index is 0.360. The van der Waals surface area contributed by atoms with Crippen molar-refractivity contribution < 1.29 is 25.2 Å². The summed E-state index contributed by atoms with van der Waals surface area (Å²) in [5, 5.41) is 44.1. The molecule has 442 valence electrons. The molecule has 0 heterocycles. The summed E-state index contributed by atoms with van der Waals surface area (Å²) in [5.74, 6) is -0.594. The smallest absolute Gasteiger partial charge is 0.249 e. The van der Waals surface area contributed by atoms with Gasteiger partial charge < -0.3 is 25.7 Å². The molecule has 0 bridgehead atoms. The molecule has 0 aliphatic carbocycles. The van der Waals surface area contributed by atoms with Gasteiger partial charge in [0, 0.05) is 0 Å². The van der Waals surface area contributed by atoms with Gasteiger partial charge in [0.25, 0.3) is 0 Å². The lowest BCUT2D eigenvalue weighted by Gasteiger charge is -2.27. The van der Waals surface area contributed by atoms with Crippen molar-refractivity contribution in [2.24, 2.45) is 0 Å². The van der Waals surface area contributed by atoms with Crippen molar-refractivity contribution in [3.05, 3.63) is 48.6 Å². The minimum atomic E-state index is -1.29. The third-order valence-electron chi connectivity index (χ3n) is 15.7. The van der Waals surface area contributed by atoms with Crippen LogP contribution in [0, 0.1) is 0 Å².